The zero-order valence-electron chi connectivity index (χ0n) is 10.1. The summed E-state index contributed by atoms with van der Waals surface area (Å²) in [6, 6.07) is 7.70. The lowest BCUT2D eigenvalue weighted by Gasteiger charge is -2.19. The summed E-state index contributed by atoms with van der Waals surface area (Å²) < 4.78 is 5.10. The summed E-state index contributed by atoms with van der Waals surface area (Å²) in [5, 5.41) is 0.329. The lowest BCUT2D eigenvalue weighted by molar-refractivity contribution is -0.115. The molecule has 2 nitrogen and oxygen atoms in total. The first-order chi connectivity index (χ1) is 8.29. The third-order valence-electron chi connectivity index (χ3n) is 3.22. The Kier molecular flexibility index (Phi) is 4.49. The van der Waals surface area contributed by atoms with E-state index in [0.29, 0.717) is 5.12 Å². The van der Waals surface area contributed by atoms with E-state index in [1.54, 1.807) is 7.11 Å². The van der Waals surface area contributed by atoms with Crippen molar-refractivity contribution in [2.75, 3.05) is 7.11 Å². The zero-order chi connectivity index (χ0) is 12.1. The molecule has 0 aliphatic heterocycles. The molecule has 92 valence electrons. The number of thioether (sulfide) groups is 1. The first kappa shape index (κ1) is 12.5. The summed E-state index contributed by atoms with van der Waals surface area (Å²) in [5.74, 6) is 1.11. The Hall–Kier alpha value is -0.960. The third-order valence-corrected chi connectivity index (χ3v) is 4.26. The van der Waals surface area contributed by atoms with Crippen molar-refractivity contribution in [3.8, 4) is 5.75 Å². The van der Waals surface area contributed by atoms with Gasteiger partial charge in [0, 0.05) is 10.8 Å². The number of benzene rings is 1. The van der Waals surface area contributed by atoms with Crippen molar-refractivity contribution in [1.82, 2.24) is 0 Å². The minimum Gasteiger partial charge on any atom is -0.497 e. The van der Waals surface area contributed by atoms with Gasteiger partial charge in [0.15, 0.2) is 5.12 Å². The third kappa shape index (κ3) is 3.50. The van der Waals surface area contributed by atoms with Crippen LogP contribution < -0.4 is 4.74 Å². The van der Waals surface area contributed by atoms with Gasteiger partial charge in [-0.05, 0) is 37.1 Å². The quantitative estimate of drug-likeness (QED) is 0.761. The number of carbonyl (C=O) groups excluding carboxylic acids is 1. The first-order valence-corrected chi connectivity index (χ1v) is 6.97. The van der Waals surface area contributed by atoms with Crippen LogP contribution in [0.2, 0.25) is 0 Å². The number of methoxy groups -OCH3 is 1. The van der Waals surface area contributed by atoms with E-state index in [2.05, 4.69) is 0 Å². The molecule has 0 N–H and O–H groups in total. The van der Waals surface area contributed by atoms with Crippen LogP contribution in [-0.2, 0) is 4.79 Å². The molecule has 0 aromatic heterocycles. The molecule has 2 rings (SSSR count). The molecule has 1 fully saturated rings. The van der Waals surface area contributed by atoms with Gasteiger partial charge in [0.05, 0.1) is 7.11 Å². The van der Waals surface area contributed by atoms with Gasteiger partial charge in [0.1, 0.15) is 5.75 Å². The van der Waals surface area contributed by atoms with Gasteiger partial charge in [-0.25, -0.2) is 0 Å². The van der Waals surface area contributed by atoms with E-state index < -0.39 is 0 Å². The van der Waals surface area contributed by atoms with Crippen molar-refractivity contribution in [3.05, 3.63) is 24.3 Å². The van der Waals surface area contributed by atoms with Gasteiger partial charge in [-0.3, -0.25) is 4.79 Å². The Labute approximate surface area is 107 Å². The highest BCUT2D eigenvalue weighted by Gasteiger charge is 2.21. The van der Waals surface area contributed by atoms with Crippen LogP contribution in [0.1, 0.15) is 32.1 Å². The molecule has 0 bridgehead atoms. The average molecular weight is 250 g/mol. The van der Waals surface area contributed by atoms with Gasteiger partial charge >= 0.3 is 0 Å². The molecular formula is C14H18O2S. The van der Waals surface area contributed by atoms with Gasteiger partial charge in [-0.15, -0.1) is 0 Å². The Balaban J connectivity index is 1.92. The highest BCUT2D eigenvalue weighted by atomic mass is 32.2. The molecule has 0 unspecified atom stereocenters. The van der Waals surface area contributed by atoms with Crippen LogP contribution in [-0.4, -0.2) is 12.2 Å². The van der Waals surface area contributed by atoms with E-state index in [9.17, 15) is 4.79 Å². The lowest BCUT2D eigenvalue weighted by Crippen LogP contribution is -2.14. The Bertz CT molecular complexity index is 366. The van der Waals surface area contributed by atoms with Gasteiger partial charge < -0.3 is 4.74 Å². The summed E-state index contributed by atoms with van der Waals surface area (Å²) in [5.41, 5.74) is 0. The Morgan fingerprint density at radius 2 is 1.82 bits per heavy atom. The van der Waals surface area contributed by atoms with Crippen LogP contribution in [0.25, 0.3) is 0 Å². The Morgan fingerprint density at radius 1 is 1.18 bits per heavy atom. The molecule has 0 atom stereocenters. The number of ether oxygens (including phenoxy) is 1. The Morgan fingerprint density at radius 3 is 2.41 bits per heavy atom. The summed E-state index contributed by atoms with van der Waals surface area (Å²) in [6.07, 6.45) is 5.85. The molecule has 3 heteroatoms. The van der Waals surface area contributed by atoms with E-state index in [1.807, 2.05) is 24.3 Å². The monoisotopic (exact) mass is 250 g/mol. The standard InChI is InChI=1S/C14H18O2S/c1-16-12-7-9-13(10-8-12)17-14(15)11-5-3-2-4-6-11/h7-11H,2-6H2,1H3. The summed E-state index contributed by atoms with van der Waals surface area (Å²) in [7, 11) is 1.65. The summed E-state index contributed by atoms with van der Waals surface area (Å²) in [6.45, 7) is 0. The number of rotatable bonds is 3. The van der Waals surface area contributed by atoms with E-state index in [4.69, 9.17) is 4.74 Å². The lowest BCUT2D eigenvalue weighted by atomic mass is 9.90. The molecule has 0 spiro atoms. The molecule has 1 aromatic carbocycles. The van der Waals surface area contributed by atoms with Crippen molar-refractivity contribution in [1.29, 1.82) is 0 Å². The van der Waals surface area contributed by atoms with Gasteiger partial charge in [0.2, 0.25) is 0 Å². The van der Waals surface area contributed by atoms with Gasteiger partial charge in [-0.2, -0.15) is 0 Å². The highest BCUT2D eigenvalue weighted by molar-refractivity contribution is 8.13. The fraction of sp³-hybridized carbons (Fsp3) is 0.500. The van der Waals surface area contributed by atoms with Gasteiger partial charge in [0.25, 0.3) is 0 Å². The van der Waals surface area contributed by atoms with E-state index >= 15 is 0 Å². The van der Waals surface area contributed by atoms with Crippen molar-refractivity contribution in [2.45, 2.75) is 37.0 Å². The van der Waals surface area contributed by atoms with Crippen molar-refractivity contribution in [3.63, 3.8) is 0 Å². The second kappa shape index (κ2) is 6.10. The van der Waals surface area contributed by atoms with Crippen LogP contribution in [0, 0.1) is 5.92 Å². The second-order valence-electron chi connectivity index (χ2n) is 4.43. The second-order valence-corrected chi connectivity index (χ2v) is 5.51. The van der Waals surface area contributed by atoms with E-state index in [0.717, 1.165) is 23.5 Å². The predicted octanol–water partition coefficient (Wildman–Crippen LogP) is 3.89. The maximum absolute atomic E-state index is 12.1. The molecule has 0 saturated heterocycles. The van der Waals surface area contributed by atoms with Crippen LogP contribution in [0.5, 0.6) is 5.75 Å². The topological polar surface area (TPSA) is 26.3 Å². The minimum atomic E-state index is 0.274. The van der Waals surface area contributed by atoms with E-state index in [-0.39, 0.29) is 5.92 Å². The molecule has 0 amide bonds. The molecule has 17 heavy (non-hydrogen) atoms. The number of hydrogen-bond donors (Lipinski definition) is 0. The number of hydrogen-bond acceptors (Lipinski definition) is 3. The van der Waals surface area contributed by atoms with Gasteiger partial charge in [-0.1, -0.05) is 31.0 Å². The first-order valence-electron chi connectivity index (χ1n) is 6.15. The normalized spacial score (nSPS) is 16.8. The summed E-state index contributed by atoms with van der Waals surface area (Å²) in [4.78, 5) is 13.1. The zero-order valence-corrected chi connectivity index (χ0v) is 11.0. The van der Waals surface area contributed by atoms with Crippen molar-refractivity contribution >= 4 is 16.9 Å². The molecule has 0 radical (unpaired) electrons. The van der Waals surface area contributed by atoms with E-state index in [1.165, 1.54) is 31.0 Å². The molecule has 1 aromatic rings. The predicted molar refractivity (Wildman–Crippen MR) is 70.4 cm³/mol. The van der Waals surface area contributed by atoms with Crippen molar-refractivity contribution in [2.24, 2.45) is 5.92 Å². The highest BCUT2D eigenvalue weighted by Crippen LogP contribution is 2.31. The maximum Gasteiger partial charge on any atom is 0.196 e. The molecule has 0 heterocycles. The largest absolute Gasteiger partial charge is 0.497 e. The smallest absolute Gasteiger partial charge is 0.196 e. The van der Waals surface area contributed by atoms with Crippen molar-refractivity contribution < 1.29 is 9.53 Å². The minimum absolute atomic E-state index is 0.274. The van der Waals surface area contributed by atoms with Crippen LogP contribution >= 0.6 is 11.8 Å². The number of carbonyl (C=O) groups is 1. The molecule has 1 saturated carbocycles. The van der Waals surface area contributed by atoms with Crippen LogP contribution in [0.15, 0.2) is 29.2 Å². The SMILES string of the molecule is COc1ccc(SC(=O)C2CCCCC2)cc1. The maximum atomic E-state index is 12.1. The van der Waals surface area contributed by atoms with Crippen LogP contribution in [0.3, 0.4) is 0 Å². The van der Waals surface area contributed by atoms with Crippen LogP contribution in [0.4, 0.5) is 0 Å². The molecular weight excluding hydrogens is 232 g/mol. The fourth-order valence-corrected chi connectivity index (χ4v) is 3.09. The summed E-state index contributed by atoms with van der Waals surface area (Å²) >= 11 is 1.37. The average Bonchev–Trinajstić information content (AvgIpc) is 2.40. The molecule has 1 aliphatic carbocycles. The molecule has 1 aliphatic rings. The fourth-order valence-electron chi connectivity index (χ4n) is 2.18.